The van der Waals surface area contributed by atoms with Gasteiger partial charge in [-0.15, -0.1) is 0 Å². The zero-order valence-electron chi connectivity index (χ0n) is 10.8. The van der Waals surface area contributed by atoms with Crippen molar-refractivity contribution in [3.05, 3.63) is 29.3 Å². The Hall–Kier alpha value is -1.53. The van der Waals surface area contributed by atoms with Crippen molar-refractivity contribution in [3.63, 3.8) is 0 Å². The molecule has 2 unspecified atom stereocenters. The molecule has 2 saturated heterocycles. The van der Waals surface area contributed by atoms with Crippen molar-refractivity contribution < 1.29 is 0 Å². The van der Waals surface area contributed by atoms with E-state index < -0.39 is 0 Å². The Balaban J connectivity index is 1.75. The second-order valence-electron chi connectivity index (χ2n) is 5.43. The SMILES string of the molecule is Cc1cc(C#N)ccc1NC1CCN2CCCC12. The molecule has 2 aliphatic heterocycles. The van der Waals surface area contributed by atoms with Gasteiger partial charge in [0.2, 0.25) is 0 Å². The smallest absolute Gasteiger partial charge is 0.0991 e. The number of hydrogen-bond acceptors (Lipinski definition) is 3. The van der Waals surface area contributed by atoms with E-state index in [9.17, 15) is 0 Å². The molecule has 2 fully saturated rings. The predicted molar refractivity (Wildman–Crippen MR) is 72.5 cm³/mol. The number of hydrogen-bond donors (Lipinski definition) is 1. The first-order valence-electron chi connectivity index (χ1n) is 6.79. The third kappa shape index (κ3) is 1.97. The molecule has 3 nitrogen and oxygen atoms in total. The van der Waals surface area contributed by atoms with E-state index in [1.807, 2.05) is 18.2 Å². The largest absolute Gasteiger partial charge is 0.380 e. The maximum absolute atomic E-state index is 8.88. The molecule has 0 aliphatic carbocycles. The first-order valence-corrected chi connectivity index (χ1v) is 6.79. The van der Waals surface area contributed by atoms with Crippen molar-refractivity contribution in [1.29, 1.82) is 5.26 Å². The lowest BCUT2D eigenvalue weighted by molar-refractivity contribution is 0.318. The van der Waals surface area contributed by atoms with Gasteiger partial charge in [0.05, 0.1) is 11.6 Å². The summed E-state index contributed by atoms with van der Waals surface area (Å²) in [6.45, 7) is 4.58. The van der Waals surface area contributed by atoms with Crippen molar-refractivity contribution in [2.24, 2.45) is 0 Å². The van der Waals surface area contributed by atoms with Gasteiger partial charge in [0.25, 0.3) is 0 Å². The Bertz CT molecular complexity index is 489. The van der Waals surface area contributed by atoms with Gasteiger partial charge in [-0.05, 0) is 56.5 Å². The molecule has 1 N–H and O–H groups in total. The molecular weight excluding hydrogens is 222 g/mol. The van der Waals surface area contributed by atoms with Gasteiger partial charge >= 0.3 is 0 Å². The Morgan fingerprint density at radius 1 is 1.33 bits per heavy atom. The number of nitriles is 1. The molecule has 0 amide bonds. The van der Waals surface area contributed by atoms with Crippen molar-refractivity contribution in [2.75, 3.05) is 18.4 Å². The van der Waals surface area contributed by atoms with Crippen LogP contribution in [0.15, 0.2) is 18.2 Å². The van der Waals surface area contributed by atoms with E-state index in [-0.39, 0.29) is 0 Å². The van der Waals surface area contributed by atoms with E-state index in [0.29, 0.717) is 6.04 Å². The van der Waals surface area contributed by atoms with Gasteiger partial charge in [-0.1, -0.05) is 0 Å². The standard InChI is InChI=1S/C15H19N3/c1-11-9-12(10-16)4-5-13(11)17-14-6-8-18-7-2-3-15(14)18/h4-5,9,14-15,17H,2-3,6-8H2,1H3. The van der Waals surface area contributed by atoms with Gasteiger partial charge in [-0.3, -0.25) is 4.90 Å². The Kier molecular flexibility index (Phi) is 2.97. The highest BCUT2D eigenvalue weighted by Gasteiger charge is 2.37. The van der Waals surface area contributed by atoms with Gasteiger partial charge in [0, 0.05) is 24.3 Å². The summed E-state index contributed by atoms with van der Waals surface area (Å²) >= 11 is 0. The summed E-state index contributed by atoms with van der Waals surface area (Å²) in [5.41, 5.74) is 3.10. The van der Waals surface area contributed by atoms with Crippen LogP contribution in [0.1, 0.15) is 30.4 Å². The molecule has 1 aromatic rings. The zero-order valence-corrected chi connectivity index (χ0v) is 10.8. The summed E-state index contributed by atoms with van der Waals surface area (Å²) in [5, 5.41) is 12.6. The first kappa shape index (κ1) is 11.6. The first-order chi connectivity index (χ1) is 8.78. The van der Waals surface area contributed by atoms with Crippen LogP contribution in [0.2, 0.25) is 0 Å². The van der Waals surface area contributed by atoms with Crippen molar-refractivity contribution >= 4 is 5.69 Å². The highest BCUT2D eigenvalue weighted by molar-refractivity contribution is 5.55. The summed E-state index contributed by atoms with van der Waals surface area (Å²) in [6.07, 6.45) is 3.91. The molecule has 1 aromatic carbocycles. The maximum Gasteiger partial charge on any atom is 0.0991 e. The molecule has 0 radical (unpaired) electrons. The van der Waals surface area contributed by atoms with Gasteiger partial charge in [0.1, 0.15) is 0 Å². The Morgan fingerprint density at radius 2 is 2.22 bits per heavy atom. The van der Waals surface area contributed by atoms with Crippen LogP contribution in [0, 0.1) is 18.3 Å². The number of nitrogens with one attached hydrogen (secondary N) is 1. The van der Waals surface area contributed by atoms with Crippen molar-refractivity contribution in [1.82, 2.24) is 4.90 Å². The number of anilines is 1. The van der Waals surface area contributed by atoms with Gasteiger partial charge in [-0.25, -0.2) is 0 Å². The number of benzene rings is 1. The fourth-order valence-corrected chi connectivity index (χ4v) is 3.35. The van der Waals surface area contributed by atoms with Crippen LogP contribution in [0.3, 0.4) is 0 Å². The molecule has 0 saturated carbocycles. The van der Waals surface area contributed by atoms with E-state index in [2.05, 4.69) is 23.2 Å². The number of fused-ring (bicyclic) bond motifs is 1. The highest BCUT2D eigenvalue weighted by Crippen LogP contribution is 2.30. The monoisotopic (exact) mass is 241 g/mol. The number of rotatable bonds is 2. The van der Waals surface area contributed by atoms with Crippen molar-refractivity contribution in [2.45, 2.75) is 38.3 Å². The fourth-order valence-electron chi connectivity index (χ4n) is 3.35. The third-order valence-electron chi connectivity index (χ3n) is 4.30. The lowest BCUT2D eigenvalue weighted by Gasteiger charge is -2.23. The topological polar surface area (TPSA) is 39.1 Å². The quantitative estimate of drug-likeness (QED) is 0.864. The molecule has 0 aromatic heterocycles. The normalized spacial score (nSPS) is 26.9. The summed E-state index contributed by atoms with van der Waals surface area (Å²) in [5.74, 6) is 0. The van der Waals surface area contributed by atoms with E-state index in [1.165, 1.54) is 43.6 Å². The summed E-state index contributed by atoms with van der Waals surface area (Å²) in [4.78, 5) is 2.61. The lowest BCUT2D eigenvalue weighted by atomic mass is 10.0. The van der Waals surface area contributed by atoms with Crippen LogP contribution in [-0.2, 0) is 0 Å². The third-order valence-corrected chi connectivity index (χ3v) is 4.30. The summed E-state index contributed by atoms with van der Waals surface area (Å²) in [6, 6.07) is 9.40. The minimum absolute atomic E-state index is 0.583. The molecule has 0 spiro atoms. The molecule has 2 atom stereocenters. The molecule has 2 aliphatic rings. The van der Waals surface area contributed by atoms with E-state index >= 15 is 0 Å². The summed E-state index contributed by atoms with van der Waals surface area (Å²) in [7, 11) is 0. The molecule has 3 rings (SSSR count). The molecule has 18 heavy (non-hydrogen) atoms. The summed E-state index contributed by atoms with van der Waals surface area (Å²) < 4.78 is 0. The van der Waals surface area contributed by atoms with Crippen LogP contribution in [-0.4, -0.2) is 30.1 Å². The average molecular weight is 241 g/mol. The molecular formula is C15H19N3. The van der Waals surface area contributed by atoms with Crippen LogP contribution in [0.5, 0.6) is 0 Å². The minimum Gasteiger partial charge on any atom is -0.380 e. The van der Waals surface area contributed by atoms with Crippen LogP contribution < -0.4 is 5.32 Å². The van der Waals surface area contributed by atoms with Gasteiger partial charge < -0.3 is 5.32 Å². The maximum atomic E-state index is 8.88. The van der Waals surface area contributed by atoms with Gasteiger partial charge in [-0.2, -0.15) is 5.26 Å². The molecule has 3 heteroatoms. The molecule has 94 valence electrons. The number of nitrogens with zero attached hydrogens (tertiary/aromatic N) is 2. The predicted octanol–water partition coefficient (Wildman–Crippen LogP) is 2.52. The van der Waals surface area contributed by atoms with Crippen LogP contribution >= 0.6 is 0 Å². The van der Waals surface area contributed by atoms with E-state index in [4.69, 9.17) is 5.26 Å². The second kappa shape index (κ2) is 4.62. The van der Waals surface area contributed by atoms with Gasteiger partial charge in [0.15, 0.2) is 0 Å². The Morgan fingerprint density at radius 3 is 3.00 bits per heavy atom. The van der Waals surface area contributed by atoms with Crippen LogP contribution in [0.25, 0.3) is 0 Å². The average Bonchev–Trinajstić information content (AvgIpc) is 2.96. The molecule has 0 bridgehead atoms. The zero-order chi connectivity index (χ0) is 12.5. The lowest BCUT2D eigenvalue weighted by Crippen LogP contribution is -2.33. The Labute approximate surface area is 108 Å². The van der Waals surface area contributed by atoms with E-state index in [1.54, 1.807) is 0 Å². The number of aryl methyl sites for hydroxylation is 1. The second-order valence-corrected chi connectivity index (χ2v) is 5.43. The fraction of sp³-hybridized carbons (Fsp3) is 0.533. The van der Waals surface area contributed by atoms with Crippen molar-refractivity contribution in [3.8, 4) is 6.07 Å². The molecule has 2 heterocycles. The van der Waals surface area contributed by atoms with Crippen LogP contribution in [0.4, 0.5) is 5.69 Å². The minimum atomic E-state index is 0.583. The highest BCUT2D eigenvalue weighted by atomic mass is 15.2. The van der Waals surface area contributed by atoms with E-state index in [0.717, 1.165) is 11.6 Å².